The average molecular weight is 439 g/mol. The van der Waals surface area contributed by atoms with Crippen LogP contribution in [0.25, 0.3) is 38.8 Å². The second-order valence-electron chi connectivity index (χ2n) is 7.81. The molecule has 1 aliphatic rings. The number of nitrogens with zero attached hydrogens (tertiary/aromatic N) is 1. The third-order valence-electron chi connectivity index (χ3n) is 5.97. The first-order valence-electron chi connectivity index (χ1n) is 10.5. The quantitative estimate of drug-likeness (QED) is 0.320. The molecular weight excluding hydrogens is 421 g/mol. The molecule has 3 heterocycles. The van der Waals surface area contributed by atoms with Crippen LogP contribution in [0.3, 0.4) is 0 Å². The van der Waals surface area contributed by atoms with Crippen molar-refractivity contribution in [3.63, 3.8) is 0 Å². The molecule has 162 valence electrons. The van der Waals surface area contributed by atoms with Crippen LogP contribution >= 0.6 is 0 Å². The molecule has 0 atom stereocenters. The highest BCUT2D eigenvalue weighted by Gasteiger charge is 2.24. The molecule has 1 aliphatic heterocycles. The van der Waals surface area contributed by atoms with Gasteiger partial charge in [-0.3, -0.25) is 0 Å². The number of benzene rings is 3. The minimum absolute atomic E-state index is 0.159. The molecule has 0 fully saturated rings. The van der Waals surface area contributed by atoms with E-state index >= 15 is 0 Å². The molecule has 5 aromatic rings. The number of aromatic nitrogens is 1. The molecule has 2 aromatic heterocycles. The Morgan fingerprint density at radius 1 is 0.879 bits per heavy atom. The number of esters is 1. The normalized spacial score (nSPS) is 12.4. The highest BCUT2D eigenvalue weighted by molar-refractivity contribution is 6.08. The van der Waals surface area contributed by atoms with E-state index in [1.165, 1.54) is 19.2 Å². The summed E-state index contributed by atoms with van der Waals surface area (Å²) in [4.78, 5) is 13.1. The zero-order valence-electron chi connectivity index (χ0n) is 17.7. The van der Waals surface area contributed by atoms with Crippen LogP contribution in [-0.2, 0) is 4.74 Å². The van der Waals surface area contributed by atoms with E-state index in [1.54, 1.807) is 12.1 Å². The number of methoxy groups -OCH3 is 1. The second kappa shape index (κ2) is 7.38. The van der Waals surface area contributed by atoms with Crippen LogP contribution in [-0.4, -0.2) is 24.3 Å². The Balaban J connectivity index is 1.75. The lowest BCUT2D eigenvalue weighted by atomic mass is 9.96. The molecule has 33 heavy (non-hydrogen) atoms. The Morgan fingerprint density at radius 2 is 1.64 bits per heavy atom. The molecule has 0 aliphatic carbocycles. The van der Waals surface area contributed by atoms with Gasteiger partial charge >= 0.3 is 5.97 Å². The molecular formula is C27H18FNO4. The van der Waals surface area contributed by atoms with Crippen molar-refractivity contribution in [1.29, 1.82) is 0 Å². The third kappa shape index (κ3) is 3.03. The zero-order valence-corrected chi connectivity index (χ0v) is 17.7. The van der Waals surface area contributed by atoms with Gasteiger partial charge < -0.3 is 18.6 Å². The molecule has 0 radical (unpaired) electrons. The summed E-state index contributed by atoms with van der Waals surface area (Å²) in [5.74, 6) is 0.523. The van der Waals surface area contributed by atoms with Gasteiger partial charge in [0.2, 0.25) is 6.79 Å². The van der Waals surface area contributed by atoms with Crippen molar-refractivity contribution in [1.82, 2.24) is 4.40 Å². The van der Waals surface area contributed by atoms with E-state index in [9.17, 15) is 9.18 Å². The number of rotatable bonds is 3. The summed E-state index contributed by atoms with van der Waals surface area (Å²) in [6.07, 6.45) is 0. The van der Waals surface area contributed by atoms with E-state index in [0.29, 0.717) is 28.1 Å². The monoisotopic (exact) mass is 439 g/mol. The van der Waals surface area contributed by atoms with Gasteiger partial charge in [0.05, 0.1) is 29.4 Å². The fourth-order valence-corrected chi connectivity index (χ4v) is 4.45. The first-order chi connectivity index (χ1) is 16.1. The first-order valence-corrected chi connectivity index (χ1v) is 10.5. The van der Waals surface area contributed by atoms with Crippen molar-refractivity contribution in [2.45, 2.75) is 0 Å². The maximum Gasteiger partial charge on any atom is 0.340 e. The van der Waals surface area contributed by atoms with E-state index in [-0.39, 0.29) is 12.6 Å². The lowest BCUT2D eigenvalue weighted by molar-refractivity contribution is 0.0603. The highest BCUT2D eigenvalue weighted by atomic mass is 19.1. The summed E-state index contributed by atoms with van der Waals surface area (Å²) in [6.45, 7) is 0.159. The SMILES string of the molecule is COC(=O)c1c(-c2ccc3c(c2)OCO3)cc(-c2ccc(F)cc2)n2c1cc1ccccc12. The Kier molecular flexibility index (Phi) is 4.33. The fraction of sp³-hybridized carbons (Fsp3) is 0.0741. The highest BCUT2D eigenvalue weighted by Crippen LogP contribution is 2.41. The molecule has 0 unspecified atom stereocenters. The fourth-order valence-electron chi connectivity index (χ4n) is 4.45. The number of ether oxygens (including phenoxy) is 3. The molecule has 0 bridgehead atoms. The predicted octanol–water partition coefficient (Wildman–Crippen LogP) is 6.08. The topological polar surface area (TPSA) is 49.2 Å². The van der Waals surface area contributed by atoms with E-state index in [1.807, 2.05) is 59.0 Å². The summed E-state index contributed by atoms with van der Waals surface area (Å²) in [7, 11) is 1.37. The average Bonchev–Trinajstić information content (AvgIpc) is 3.47. The Morgan fingerprint density at radius 3 is 2.45 bits per heavy atom. The van der Waals surface area contributed by atoms with Crippen LogP contribution in [0, 0.1) is 5.82 Å². The summed E-state index contributed by atoms with van der Waals surface area (Å²) in [5.41, 5.74) is 5.21. The number of carbonyl (C=O) groups is 1. The van der Waals surface area contributed by atoms with Crippen molar-refractivity contribution < 1.29 is 23.4 Å². The van der Waals surface area contributed by atoms with E-state index in [2.05, 4.69) is 0 Å². The molecule has 0 spiro atoms. The lowest BCUT2D eigenvalue weighted by Crippen LogP contribution is -2.08. The maximum absolute atomic E-state index is 13.7. The van der Waals surface area contributed by atoms with Gasteiger partial charge in [0.15, 0.2) is 11.5 Å². The molecule has 0 amide bonds. The largest absolute Gasteiger partial charge is 0.465 e. The molecule has 3 aromatic carbocycles. The number of para-hydroxylation sites is 1. The summed E-state index contributed by atoms with van der Waals surface area (Å²) >= 11 is 0. The van der Waals surface area contributed by atoms with E-state index in [0.717, 1.165) is 27.7 Å². The van der Waals surface area contributed by atoms with Crippen LogP contribution < -0.4 is 9.47 Å². The van der Waals surface area contributed by atoms with Crippen molar-refractivity contribution in [2.24, 2.45) is 0 Å². The van der Waals surface area contributed by atoms with E-state index in [4.69, 9.17) is 14.2 Å². The van der Waals surface area contributed by atoms with Gasteiger partial charge in [-0.15, -0.1) is 0 Å². The van der Waals surface area contributed by atoms with E-state index < -0.39 is 5.97 Å². The number of halogens is 1. The van der Waals surface area contributed by atoms with Gasteiger partial charge in [-0.2, -0.15) is 0 Å². The minimum atomic E-state index is -0.443. The molecule has 0 saturated carbocycles. The van der Waals surface area contributed by atoms with Crippen molar-refractivity contribution >= 4 is 22.4 Å². The summed E-state index contributed by atoms with van der Waals surface area (Å²) < 4.78 is 31.9. The van der Waals surface area contributed by atoms with Gasteiger partial charge in [-0.05, 0) is 65.7 Å². The van der Waals surface area contributed by atoms with Crippen LogP contribution in [0.5, 0.6) is 11.5 Å². The Hall–Kier alpha value is -4.32. The smallest absolute Gasteiger partial charge is 0.340 e. The molecule has 5 nitrogen and oxygen atoms in total. The Labute approximate surface area is 188 Å². The predicted molar refractivity (Wildman–Crippen MR) is 123 cm³/mol. The molecule has 0 N–H and O–H groups in total. The van der Waals surface area contributed by atoms with Crippen LogP contribution in [0.2, 0.25) is 0 Å². The van der Waals surface area contributed by atoms with Gasteiger partial charge in [0.1, 0.15) is 5.82 Å². The first kappa shape index (κ1) is 19.4. The number of hydrogen-bond acceptors (Lipinski definition) is 4. The standard InChI is InChI=1S/C27H18FNO4/c1-31-27(30)26-20(17-8-11-24-25(13-17)33-15-32-24)14-22(16-6-9-19(28)10-7-16)29-21-5-3-2-4-18(21)12-23(26)29/h2-14H,15H2,1H3. The molecule has 6 heteroatoms. The van der Waals surface area contributed by atoms with Crippen molar-refractivity contribution in [2.75, 3.05) is 13.9 Å². The minimum Gasteiger partial charge on any atom is -0.465 e. The number of hydrogen-bond donors (Lipinski definition) is 0. The summed E-state index contributed by atoms with van der Waals surface area (Å²) in [6, 6.07) is 23.7. The van der Waals surface area contributed by atoms with Crippen molar-refractivity contribution in [3.05, 3.63) is 90.2 Å². The lowest BCUT2D eigenvalue weighted by Gasteiger charge is -2.16. The van der Waals surface area contributed by atoms with Crippen LogP contribution in [0.1, 0.15) is 10.4 Å². The summed E-state index contributed by atoms with van der Waals surface area (Å²) in [5, 5.41) is 0.980. The maximum atomic E-state index is 13.7. The van der Waals surface area contributed by atoms with Gasteiger partial charge in [-0.25, -0.2) is 9.18 Å². The second-order valence-corrected chi connectivity index (χ2v) is 7.81. The number of pyridine rings is 1. The van der Waals surface area contributed by atoms with Crippen LogP contribution in [0.4, 0.5) is 4.39 Å². The molecule has 0 saturated heterocycles. The van der Waals surface area contributed by atoms with Crippen LogP contribution in [0.15, 0.2) is 78.9 Å². The van der Waals surface area contributed by atoms with Crippen molar-refractivity contribution in [3.8, 4) is 33.9 Å². The molecule has 6 rings (SSSR count). The third-order valence-corrected chi connectivity index (χ3v) is 5.97. The van der Waals surface area contributed by atoms with Gasteiger partial charge in [-0.1, -0.05) is 24.3 Å². The Bertz CT molecular complexity index is 1550. The zero-order chi connectivity index (χ0) is 22.5. The van der Waals surface area contributed by atoms with Gasteiger partial charge in [0.25, 0.3) is 0 Å². The number of fused-ring (bicyclic) bond motifs is 4. The van der Waals surface area contributed by atoms with Gasteiger partial charge in [0, 0.05) is 10.9 Å². The number of carbonyl (C=O) groups excluding carboxylic acids is 1.